The van der Waals surface area contributed by atoms with Crippen LogP contribution in [0.25, 0.3) is 0 Å². The summed E-state index contributed by atoms with van der Waals surface area (Å²) in [6.45, 7) is 1.98. The second-order valence-electron chi connectivity index (χ2n) is 4.37. The fourth-order valence-electron chi connectivity index (χ4n) is 2.17. The highest BCUT2D eigenvalue weighted by Gasteiger charge is 2.21. The summed E-state index contributed by atoms with van der Waals surface area (Å²) in [6, 6.07) is 12.1. The summed E-state index contributed by atoms with van der Waals surface area (Å²) in [5.74, 6) is 5.74. The number of hydrazine groups is 1. The zero-order chi connectivity index (χ0) is 13.8. The Kier molecular flexibility index (Phi) is 4.14. The summed E-state index contributed by atoms with van der Waals surface area (Å²) in [5.41, 5.74) is 5.06. The third-order valence-corrected chi connectivity index (χ3v) is 3.06. The van der Waals surface area contributed by atoms with E-state index in [-0.39, 0.29) is 5.82 Å². The number of rotatable bonds is 4. The normalized spacial score (nSPS) is 12.2. The predicted octanol–water partition coefficient (Wildman–Crippen LogP) is 2.70. The van der Waals surface area contributed by atoms with E-state index in [2.05, 4.69) is 5.43 Å². The van der Waals surface area contributed by atoms with Crippen LogP contribution >= 0.6 is 0 Å². The molecule has 1 unspecified atom stereocenters. The Hall–Kier alpha value is -1.91. The van der Waals surface area contributed by atoms with Crippen molar-refractivity contribution in [1.82, 2.24) is 5.43 Å². The van der Waals surface area contributed by atoms with Gasteiger partial charge in [-0.2, -0.15) is 0 Å². The molecule has 19 heavy (non-hydrogen) atoms. The molecule has 0 aliphatic heterocycles. The Morgan fingerprint density at radius 2 is 1.95 bits per heavy atom. The molecule has 2 aromatic rings. The lowest BCUT2D eigenvalue weighted by Crippen LogP contribution is -2.30. The van der Waals surface area contributed by atoms with Gasteiger partial charge in [0.2, 0.25) is 0 Å². The first-order valence-corrected chi connectivity index (χ1v) is 6.02. The Bertz CT molecular complexity index is 572. The van der Waals surface area contributed by atoms with Crippen LogP contribution in [0.4, 0.5) is 4.39 Å². The van der Waals surface area contributed by atoms with Gasteiger partial charge in [0, 0.05) is 0 Å². The molecule has 0 heterocycles. The first-order chi connectivity index (χ1) is 9.17. The van der Waals surface area contributed by atoms with Gasteiger partial charge in [0.15, 0.2) is 0 Å². The number of ether oxygens (including phenoxy) is 1. The number of aryl methyl sites for hydroxylation is 1. The van der Waals surface area contributed by atoms with E-state index < -0.39 is 6.04 Å². The van der Waals surface area contributed by atoms with Crippen molar-refractivity contribution in [1.29, 1.82) is 0 Å². The number of hydrogen-bond acceptors (Lipinski definition) is 3. The third kappa shape index (κ3) is 2.75. The smallest absolute Gasteiger partial charge is 0.132 e. The van der Waals surface area contributed by atoms with E-state index in [1.807, 2.05) is 31.2 Å². The maximum Gasteiger partial charge on any atom is 0.132 e. The average Bonchev–Trinajstić information content (AvgIpc) is 2.41. The van der Waals surface area contributed by atoms with Gasteiger partial charge in [-0.3, -0.25) is 5.84 Å². The number of nitrogens with two attached hydrogens (primary N) is 1. The zero-order valence-corrected chi connectivity index (χ0v) is 11.0. The lowest BCUT2D eigenvalue weighted by molar-refractivity contribution is 0.397. The molecule has 0 saturated carbocycles. The van der Waals surface area contributed by atoms with Crippen LogP contribution in [0, 0.1) is 12.7 Å². The molecule has 0 amide bonds. The Labute approximate surface area is 112 Å². The molecule has 0 radical (unpaired) electrons. The van der Waals surface area contributed by atoms with Gasteiger partial charge in [-0.1, -0.05) is 35.9 Å². The van der Waals surface area contributed by atoms with Gasteiger partial charge in [0.05, 0.1) is 18.7 Å². The van der Waals surface area contributed by atoms with E-state index in [9.17, 15) is 4.39 Å². The summed E-state index contributed by atoms with van der Waals surface area (Å²) in [5, 5.41) is 0. The van der Waals surface area contributed by atoms with Gasteiger partial charge in [-0.25, -0.2) is 9.82 Å². The molecular formula is C15H17FN2O. The molecule has 0 spiro atoms. The number of benzene rings is 2. The minimum absolute atomic E-state index is 0.344. The van der Waals surface area contributed by atoms with Crippen molar-refractivity contribution in [3.05, 3.63) is 65.0 Å². The molecule has 3 N–H and O–H groups in total. The highest BCUT2D eigenvalue weighted by Crippen LogP contribution is 2.31. The largest absolute Gasteiger partial charge is 0.496 e. The van der Waals surface area contributed by atoms with Crippen LogP contribution in [0.2, 0.25) is 0 Å². The zero-order valence-electron chi connectivity index (χ0n) is 11.0. The minimum Gasteiger partial charge on any atom is -0.496 e. The number of methoxy groups -OCH3 is 1. The van der Waals surface area contributed by atoms with Gasteiger partial charge >= 0.3 is 0 Å². The van der Waals surface area contributed by atoms with Crippen LogP contribution in [-0.4, -0.2) is 7.11 Å². The number of hydrogen-bond donors (Lipinski definition) is 2. The molecule has 4 heteroatoms. The highest BCUT2D eigenvalue weighted by molar-refractivity contribution is 5.43. The average molecular weight is 260 g/mol. The van der Waals surface area contributed by atoms with Crippen LogP contribution < -0.4 is 16.0 Å². The van der Waals surface area contributed by atoms with Crippen molar-refractivity contribution in [2.75, 3.05) is 7.11 Å². The Morgan fingerprint density at radius 1 is 1.21 bits per heavy atom. The van der Waals surface area contributed by atoms with E-state index >= 15 is 0 Å². The standard InChI is InChI=1S/C15H17FN2O/c1-10-5-3-6-11(9-10)15(18-17)14-12(16)7-4-8-13(14)19-2/h3-9,15,18H,17H2,1-2H3. The lowest BCUT2D eigenvalue weighted by Gasteiger charge is -2.20. The van der Waals surface area contributed by atoms with Crippen molar-refractivity contribution in [2.24, 2.45) is 5.84 Å². The molecule has 1 atom stereocenters. The van der Waals surface area contributed by atoms with Gasteiger partial charge in [-0.15, -0.1) is 0 Å². The van der Waals surface area contributed by atoms with Crippen molar-refractivity contribution in [3.63, 3.8) is 0 Å². The Balaban J connectivity index is 2.54. The van der Waals surface area contributed by atoms with Gasteiger partial charge in [0.25, 0.3) is 0 Å². The van der Waals surface area contributed by atoms with Crippen LogP contribution in [0.5, 0.6) is 5.75 Å². The minimum atomic E-state index is -0.448. The van der Waals surface area contributed by atoms with E-state index in [0.29, 0.717) is 11.3 Å². The summed E-state index contributed by atoms with van der Waals surface area (Å²) < 4.78 is 19.3. The summed E-state index contributed by atoms with van der Waals surface area (Å²) in [6.07, 6.45) is 0. The maximum absolute atomic E-state index is 14.1. The molecular weight excluding hydrogens is 243 g/mol. The summed E-state index contributed by atoms with van der Waals surface area (Å²) in [7, 11) is 1.52. The molecule has 0 fully saturated rings. The van der Waals surface area contributed by atoms with Crippen molar-refractivity contribution in [2.45, 2.75) is 13.0 Å². The quantitative estimate of drug-likeness (QED) is 0.656. The van der Waals surface area contributed by atoms with E-state index in [4.69, 9.17) is 10.6 Å². The monoisotopic (exact) mass is 260 g/mol. The first-order valence-electron chi connectivity index (χ1n) is 6.02. The van der Waals surface area contributed by atoms with Crippen LogP contribution in [0.15, 0.2) is 42.5 Å². The van der Waals surface area contributed by atoms with E-state index in [1.165, 1.54) is 13.2 Å². The number of nitrogens with one attached hydrogen (secondary N) is 1. The van der Waals surface area contributed by atoms with Gasteiger partial charge in [-0.05, 0) is 24.6 Å². The molecule has 2 aromatic carbocycles. The molecule has 0 aliphatic carbocycles. The molecule has 2 rings (SSSR count). The molecule has 100 valence electrons. The van der Waals surface area contributed by atoms with Gasteiger partial charge < -0.3 is 4.74 Å². The maximum atomic E-state index is 14.1. The van der Waals surface area contributed by atoms with Crippen LogP contribution in [0.1, 0.15) is 22.7 Å². The van der Waals surface area contributed by atoms with Crippen LogP contribution in [-0.2, 0) is 0 Å². The summed E-state index contributed by atoms with van der Waals surface area (Å²) >= 11 is 0. The molecule has 0 saturated heterocycles. The second kappa shape index (κ2) is 5.82. The second-order valence-corrected chi connectivity index (χ2v) is 4.37. The molecule has 0 bridgehead atoms. The fraction of sp³-hybridized carbons (Fsp3) is 0.200. The molecule has 0 aromatic heterocycles. The third-order valence-electron chi connectivity index (χ3n) is 3.06. The van der Waals surface area contributed by atoms with E-state index in [1.54, 1.807) is 12.1 Å². The first kappa shape index (κ1) is 13.5. The fourth-order valence-corrected chi connectivity index (χ4v) is 2.17. The summed E-state index contributed by atoms with van der Waals surface area (Å²) in [4.78, 5) is 0. The van der Waals surface area contributed by atoms with Crippen molar-refractivity contribution >= 4 is 0 Å². The van der Waals surface area contributed by atoms with Gasteiger partial charge in [0.1, 0.15) is 11.6 Å². The predicted molar refractivity (Wildman–Crippen MR) is 73.3 cm³/mol. The van der Waals surface area contributed by atoms with Crippen molar-refractivity contribution in [3.8, 4) is 5.75 Å². The van der Waals surface area contributed by atoms with Crippen LogP contribution in [0.3, 0.4) is 0 Å². The molecule has 0 aliphatic rings. The van der Waals surface area contributed by atoms with E-state index in [0.717, 1.165) is 11.1 Å². The highest BCUT2D eigenvalue weighted by atomic mass is 19.1. The number of halogens is 1. The SMILES string of the molecule is COc1cccc(F)c1C(NN)c1cccc(C)c1. The topological polar surface area (TPSA) is 47.3 Å². The molecule has 3 nitrogen and oxygen atoms in total. The lowest BCUT2D eigenvalue weighted by atomic mass is 9.96. The van der Waals surface area contributed by atoms with Crippen molar-refractivity contribution < 1.29 is 9.13 Å². The Morgan fingerprint density at radius 3 is 2.58 bits per heavy atom.